The van der Waals surface area contributed by atoms with Crippen LogP contribution in [0.3, 0.4) is 0 Å². The topological polar surface area (TPSA) is 92.1 Å². The number of nitrogens with zero attached hydrogens (tertiary/aromatic N) is 2. The predicted octanol–water partition coefficient (Wildman–Crippen LogP) is 3.86. The van der Waals surface area contributed by atoms with Crippen molar-refractivity contribution in [1.82, 2.24) is 9.88 Å². The van der Waals surface area contributed by atoms with Crippen LogP contribution >= 0.6 is 22.9 Å². The molecule has 2 aromatic heterocycles. The number of hydrogen-bond acceptors (Lipinski definition) is 7. The standard InChI is InChI=1S/C24H23ClN2O5S/c25-20-9-14(24(30)27-7-4-16(29)5-8-27)1-2-19(20)21-10-15(13-33-21)18-3-6-26-23-22(18)31-12-17(11-28)32-23/h1-3,6,9-10,13,16-17,28-29H,4-5,7-8,11-12H2. The van der Waals surface area contributed by atoms with Crippen molar-refractivity contribution in [2.24, 2.45) is 0 Å². The number of likely N-dealkylation sites (tertiary alicyclic amines) is 1. The summed E-state index contributed by atoms with van der Waals surface area (Å²) in [6, 6.07) is 9.28. The first-order valence-corrected chi connectivity index (χ1v) is 12.0. The largest absolute Gasteiger partial charge is 0.483 e. The Balaban J connectivity index is 1.38. The van der Waals surface area contributed by atoms with E-state index in [1.165, 1.54) is 0 Å². The summed E-state index contributed by atoms with van der Waals surface area (Å²) in [5.74, 6) is 0.867. The molecular formula is C24H23ClN2O5S. The van der Waals surface area contributed by atoms with Gasteiger partial charge in [-0.05, 0) is 48.1 Å². The summed E-state index contributed by atoms with van der Waals surface area (Å²) in [5, 5.41) is 21.5. The number of thiophene rings is 1. The number of ether oxygens (including phenoxy) is 2. The number of piperidine rings is 1. The monoisotopic (exact) mass is 486 g/mol. The number of fused-ring (bicyclic) bond motifs is 1. The molecule has 1 saturated heterocycles. The molecule has 2 aliphatic heterocycles. The van der Waals surface area contributed by atoms with E-state index in [0.717, 1.165) is 21.6 Å². The highest BCUT2D eigenvalue weighted by Gasteiger charge is 2.26. The van der Waals surface area contributed by atoms with Gasteiger partial charge in [0.2, 0.25) is 0 Å². The number of aliphatic hydroxyl groups is 2. The van der Waals surface area contributed by atoms with Gasteiger partial charge in [0.05, 0.1) is 17.7 Å². The van der Waals surface area contributed by atoms with Crippen LogP contribution in [0.2, 0.25) is 5.02 Å². The highest BCUT2D eigenvalue weighted by atomic mass is 35.5. The Bertz CT molecular complexity index is 1180. The van der Waals surface area contributed by atoms with Gasteiger partial charge in [-0.2, -0.15) is 0 Å². The van der Waals surface area contributed by atoms with Crippen molar-refractivity contribution in [3.63, 3.8) is 0 Å². The maximum Gasteiger partial charge on any atom is 0.258 e. The third-order valence-electron chi connectivity index (χ3n) is 5.91. The lowest BCUT2D eigenvalue weighted by atomic mass is 10.0. The number of aromatic nitrogens is 1. The van der Waals surface area contributed by atoms with Crippen LogP contribution in [0.15, 0.2) is 41.9 Å². The summed E-state index contributed by atoms with van der Waals surface area (Å²) < 4.78 is 11.5. The minimum absolute atomic E-state index is 0.0658. The lowest BCUT2D eigenvalue weighted by molar-refractivity contribution is 0.0415. The molecule has 2 aliphatic rings. The first kappa shape index (κ1) is 22.2. The zero-order chi connectivity index (χ0) is 22.9. The van der Waals surface area contributed by atoms with E-state index in [-0.39, 0.29) is 25.2 Å². The summed E-state index contributed by atoms with van der Waals surface area (Å²) >= 11 is 8.14. The first-order valence-electron chi connectivity index (χ1n) is 10.8. The normalized spacial score (nSPS) is 18.4. The van der Waals surface area contributed by atoms with Gasteiger partial charge in [-0.25, -0.2) is 4.98 Å². The fraction of sp³-hybridized carbons (Fsp3) is 0.333. The Labute approximate surface area is 200 Å². The van der Waals surface area contributed by atoms with Gasteiger partial charge in [0.1, 0.15) is 6.61 Å². The van der Waals surface area contributed by atoms with E-state index >= 15 is 0 Å². The number of hydrogen-bond donors (Lipinski definition) is 2. The third kappa shape index (κ3) is 4.44. The summed E-state index contributed by atoms with van der Waals surface area (Å²) in [7, 11) is 0. The quantitative estimate of drug-likeness (QED) is 0.582. The molecule has 1 amide bonds. The van der Waals surface area contributed by atoms with E-state index in [1.807, 2.05) is 23.6 Å². The van der Waals surface area contributed by atoms with Crippen molar-refractivity contribution in [1.29, 1.82) is 0 Å². The number of pyridine rings is 1. The average Bonchev–Trinajstić information content (AvgIpc) is 3.33. The van der Waals surface area contributed by atoms with Crippen LogP contribution in [-0.4, -0.2) is 64.5 Å². The predicted molar refractivity (Wildman–Crippen MR) is 126 cm³/mol. The minimum Gasteiger partial charge on any atom is -0.483 e. The molecule has 172 valence electrons. The second kappa shape index (κ2) is 9.30. The van der Waals surface area contributed by atoms with E-state index in [4.69, 9.17) is 21.1 Å². The van der Waals surface area contributed by atoms with E-state index in [0.29, 0.717) is 48.1 Å². The molecule has 1 fully saturated rings. The number of carbonyl (C=O) groups excluding carboxylic acids is 1. The summed E-state index contributed by atoms with van der Waals surface area (Å²) in [6.07, 6.45) is 2.11. The third-order valence-corrected chi connectivity index (χ3v) is 7.19. The summed E-state index contributed by atoms with van der Waals surface area (Å²) in [6.45, 7) is 1.23. The van der Waals surface area contributed by atoms with Crippen LogP contribution in [0.25, 0.3) is 21.6 Å². The molecule has 4 heterocycles. The van der Waals surface area contributed by atoms with Gasteiger partial charge in [0.15, 0.2) is 11.9 Å². The fourth-order valence-corrected chi connectivity index (χ4v) is 5.34. The van der Waals surface area contributed by atoms with Gasteiger partial charge in [0.25, 0.3) is 11.8 Å². The van der Waals surface area contributed by atoms with Crippen molar-refractivity contribution >= 4 is 28.8 Å². The van der Waals surface area contributed by atoms with E-state index in [1.54, 1.807) is 34.6 Å². The van der Waals surface area contributed by atoms with Crippen LogP contribution in [0, 0.1) is 0 Å². The Morgan fingerprint density at radius 1 is 1.21 bits per heavy atom. The molecule has 9 heteroatoms. The Kier molecular flexibility index (Phi) is 6.25. The first-order chi connectivity index (χ1) is 16.0. The molecule has 7 nitrogen and oxygen atoms in total. The second-order valence-electron chi connectivity index (χ2n) is 8.14. The van der Waals surface area contributed by atoms with Crippen molar-refractivity contribution in [2.75, 3.05) is 26.3 Å². The molecule has 1 unspecified atom stereocenters. The molecule has 0 radical (unpaired) electrons. The number of benzene rings is 1. The number of carbonyl (C=O) groups is 1. The Morgan fingerprint density at radius 2 is 2.03 bits per heavy atom. The molecule has 0 spiro atoms. The second-order valence-corrected chi connectivity index (χ2v) is 9.46. The molecule has 3 aromatic rings. The van der Waals surface area contributed by atoms with Gasteiger partial charge in [-0.15, -0.1) is 11.3 Å². The molecular weight excluding hydrogens is 464 g/mol. The van der Waals surface area contributed by atoms with Gasteiger partial charge >= 0.3 is 0 Å². The number of amides is 1. The van der Waals surface area contributed by atoms with Crippen molar-refractivity contribution in [3.8, 4) is 33.2 Å². The average molecular weight is 487 g/mol. The number of rotatable bonds is 4. The molecule has 5 rings (SSSR count). The van der Waals surface area contributed by atoms with Gasteiger partial charge in [-0.1, -0.05) is 17.7 Å². The zero-order valence-corrected chi connectivity index (χ0v) is 19.3. The Morgan fingerprint density at radius 3 is 2.79 bits per heavy atom. The van der Waals surface area contributed by atoms with E-state index < -0.39 is 6.10 Å². The molecule has 0 aliphatic carbocycles. The lowest BCUT2D eigenvalue weighted by Crippen LogP contribution is -2.40. The maximum atomic E-state index is 12.8. The van der Waals surface area contributed by atoms with Gasteiger partial charge in [-0.3, -0.25) is 4.79 Å². The van der Waals surface area contributed by atoms with Crippen LogP contribution in [0.1, 0.15) is 23.2 Å². The maximum absolute atomic E-state index is 12.8. The van der Waals surface area contributed by atoms with Crippen LogP contribution in [0.5, 0.6) is 11.6 Å². The molecule has 33 heavy (non-hydrogen) atoms. The van der Waals surface area contributed by atoms with Crippen LogP contribution < -0.4 is 9.47 Å². The lowest BCUT2D eigenvalue weighted by Gasteiger charge is -2.29. The zero-order valence-electron chi connectivity index (χ0n) is 17.7. The van der Waals surface area contributed by atoms with Crippen molar-refractivity contribution in [3.05, 3.63) is 52.5 Å². The van der Waals surface area contributed by atoms with E-state index in [2.05, 4.69) is 4.98 Å². The van der Waals surface area contributed by atoms with Gasteiger partial charge in [0, 0.05) is 40.9 Å². The van der Waals surface area contributed by atoms with E-state index in [9.17, 15) is 15.0 Å². The molecule has 0 bridgehead atoms. The highest BCUT2D eigenvalue weighted by Crippen LogP contribution is 2.43. The minimum atomic E-state index is -0.423. The molecule has 1 aromatic carbocycles. The number of aliphatic hydroxyl groups excluding tert-OH is 2. The van der Waals surface area contributed by atoms with Crippen molar-refractivity contribution < 1.29 is 24.5 Å². The van der Waals surface area contributed by atoms with Gasteiger partial charge < -0.3 is 24.6 Å². The van der Waals surface area contributed by atoms with Crippen LogP contribution in [0.4, 0.5) is 0 Å². The fourth-order valence-electron chi connectivity index (χ4n) is 4.06. The van der Waals surface area contributed by atoms with Crippen LogP contribution in [-0.2, 0) is 0 Å². The SMILES string of the molecule is O=C(c1ccc(-c2cc(-c3ccnc4c3OCC(CO)O4)cs2)c(Cl)c1)N1CCC(O)CC1. The summed E-state index contributed by atoms with van der Waals surface area (Å²) in [5.41, 5.74) is 3.19. The molecule has 0 saturated carbocycles. The molecule has 2 N–H and O–H groups in total. The number of halogens is 1. The summed E-state index contributed by atoms with van der Waals surface area (Å²) in [4.78, 5) is 19.8. The highest BCUT2D eigenvalue weighted by molar-refractivity contribution is 7.14. The Hall–Kier alpha value is -2.65. The van der Waals surface area contributed by atoms with Crippen molar-refractivity contribution in [2.45, 2.75) is 25.0 Å². The molecule has 1 atom stereocenters. The smallest absolute Gasteiger partial charge is 0.258 e.